The first kappa shape index (κ1) is 16.5. The van der Waals surface area contributed by atoms with Crippen LogP contribution in [-0.2, 0) is 0 Å². The molecule has 0 aliphatic carbocycles. The predicted molar refractivity (Wildman–Crippen MR) is 78.2 cm³/mol. The molecule has 0 aliphatic heterocycles. The quantitative estimate of drug-likeness (QED) is 0.454. The maximum absolute atomic E-state index is 11.9. The normalized spacial score (nSPS) is 10.3. The first-order chi connectivity index (χ1) is 9.77. The summed E-state index contributed by atoms with van der Waals surface area (Å²) in [5.74, 6) is 0.637. The third-order valence-corrected chi connectivity index (χ3v) is 2.86. The molecule has 0 unspecified atom stereocenters. The van der Waals surface area contributed by atoms with Gasteiger partial charge < -0.3 is 15.3 Å². The van der Waals surface area contributed by atoms with Crippen LogP contribution in [0.25, 0.3) is 0 Å². The zero-order valence-corrected chi connectivity index (χ0v) is 12.0. The van der Waals surface area contributed by atoms with Gasteiger partial charge in [-0.15, -0.1) is 0 Å². The number of hydrogen-bond acceptors (Lipinski definition) is 4. The number of amides is 1. The van der Waals surface area contributed by atoms with Gasteiger partial charge in [0, 0.05) is 18.7 Å². The summed E-state index contributed by atoms with van der Waals surface area (Å²) in [6.07, 6.45) is 3.74. The highest BCUT2D eigenvalue weighted by Crippen LogP contribution is 2.13. The second kappa shape index (κ2) is 10.2. The highest BCUT2D eigenvalue weighted by atomic mass is 16.5. The molecule has 0 atom stereocenters. The zero-order chi connectivity index (χ0) is 14.6. The average molecular weight is 280 g/mol. The molecule has 0 heterocycles. The van der Waals surface area contributed by atoms with Crippen molar-refractivity contribution in [2.24, 2.45) is 0 Å². The molecule has 1 aromatic rings. The number of nitrogens with one attached hydrogen (secondary N) is 2. The minimum atomic E-state index is -0.0945. The monoisotopic (exact) mass is 280 g/mol. The Bertz CT molecular complexity index is 396. The SMILES string of the molecule is CCCCOc1cccc(C(=O)NCCCCNO)c1. The molecule has 5 heteroatoms. The second-order valence-corrected chi connectivity index (χ2v) is 4.60. The van der Waals surface area contributed by atoms with Gasteiger partial charge in [-0.3, -0.25) is 4.79 Å². The lowest BCUT2D eigenvalue weighted by Gasteiger charge is -2.08. The maximum atomic E-state index is 11.9. The van der Waals surface area contributed by atoms with Crippen molar-refractivity contribution in [2.45, 2.75) is 32.6 Å². The summed E-state index contributed by atoms with van der Waals surface area (Å²) >= 11 is 0. The van der Waals surface area contributed by atoms with E-state index in [0.717, 1.165) is 31.4 Å². The number of rotatable bonds is 10. The Morgan fingerprint density at radius 2 is 2.05 bits per heavy atom. The smallest absolute Gasteiger partial charge is 0.251 e. The number of ether oxygens (including phenoxy) is 1. The Morgan fingerprint density at radius 3 is 2.80 bits per heavy atom. The highest BCUT2D eigenvalue weighted by Gasteiger charge is 2.05. The molecule has 0 saturated heterocycles. The van der Waals surface area contributed by atoms with Gasteiger partial charge >= 0.3 is 0 Å². The van der Waals surface area contributed by atoms with E-state index >= 15 is 0 Å². The standard InChI is InChI=1S/C15H24N2O3/c1-2-3-11-20-14-8-6-7-13(12-14)15(18)16-9-4-5-10-17-19/h6-8,12,17,19H,2-5,9-11H2,1H3,(H,16,18). The van der Waals surface area contributed by atoms with E-state index in [0.29, 0.717) is 25.3 Å². The lowest BCUT2D eigenvalue weighted by Crippen LogP contribution is -2.25. The lowest BCUT2D eigenvalue weighted by atomic mass is 10.2. The van der Waals surface area contributed by atoms with E-state index in [-0.39, 0.29) is 5.91 Å². The molecule has 5 nitrogen and oxygen atoms in total. The average Bonchev–Trinajstić information content (AvgIpc) is 2.47. The van der Waals surface area contributed by atoms with E-state index in [1.54, 1.807) is 12.1 Å². The second-order valence-electron chi connectivity index (χ2n) is 4.60. The van der Waals surface area contributed by atoms with Gasteiger partial charge in [-0.2, -0.15) is 0 Å². The minimum Gasteiger partial charge on any atom is -0.494 e. The fourth-order valence-electron chi connectivity index (χ4n) is 1.69. The molecule has 0 fully saturated rings. The minimum absolute atomic E-state index is 0.0945. The molecule has 0 bridgehead atoms. The number of hydrogen-bond donors (Lipinski definition) is 3. The van der Waals surface area contributed by atoms with Gasteiger partial charge in [0.1, 0.15) is 5.75 Å². The maximum Gasteiger partial charge on any atom is 0.251 e. The van der Waals surface area contributed by atoms with Crippen molar-refractivity contribution in [3.05, 3.63) is 29.8 Å². The van der Waals surface area contributed by atoms with E-state index in [9.17, 15) is 4.79 Å². The fourth-order valence-corrected chi connectivity index (χ4v) is 1.69. The van der Waals surface area contributed by atoms with Gasteiger partial charge in [0.15, 0.2) is 0 Å². The summed E-state index contributed by atoms with van der Waals surface area (Å²) in [5, 5.41) is 11.3. The van der Waals surface area contributed by atoms with Crippen molar-refractivity contribution in [1.29, 1.82) is 0 Å². The molecular weight excluding hydrogens is 256 g/mol. The Morgan fingerprint density at radius 1 is 1.25 bits per heavy atom. The van der Waals surface area contributed by atoms with E-state index in [4.69, 9.17) is 9.94 Å². The van der Waals surface area contributed by atoms with Crippen LogP contribution in [0, 0.1) is 0 Å². The third-order valence-electron chi connectivity index (χ3n) is 2.86. The van der Waals surface area contributed by atoms with Crippen molar-refractivity contribution in [3.8, 4) is 5.75 Å². The Labute approximate surface area is 120 Å². The van der Waals surface area contributed by atoms with Gasteiger partial charge in [-0.05, 0) is 37.5 Å². The molecule has 1 aromatic carbocycles. The van der Waals surface area contributed by atoms with Crippen LogP contribution in [0.5, 0.6) is 5.75 Å². The van der Waals surface area contributed by atoms with Crippen molar-refractivity contribution < 1.29 is 14.7 Å². The summed E-state index contributed by atoms with van der Waals surface area (Å²) in [6, 6.07) is 7.22. The predicted octanol–water partition coefficient (Wildman–Crippen LogP) is 2.35. The van der Waals surface area contributed by atoms with Gasteiger partial charge in [0.05, 0.1) is 6.61 Å². The Hall–Kier alpha value is -1.59. The number of unbranched alkanes of at least 4 members (excludes halogenated alkanes) is 2. The molecule has 0 aromatic heterocycles. The fraction of sp³-hybridized carbons (Fsp3) is 0.533. The van der Waals surface area contributed by atoms with Gasteiger partial charge in [-0.25, -0.2) is 5.48 Å². The Kier molecular flexibility index (Phi) is 8.42. The van der Waals surface area contributed by atoms with Gasteiger partial charge in [-0.1, -0.05) is 19.4 Å². The number of hydroxylamine groups is 1. The number of benzene rings is 1. The summed E-state index contributed by atoms with van der Waals surface area (Å²) in [5.41, 5.74) is 2.70. The van der Waals surface area contributed by atoms with Crippen LogP contribution in [0.2, 0.25) is 0 Å². The zero-order valence-electron chi connectivity index (χ0n) is 12.0. The molecule has 1 amide bonds. The lowest BCUT2D eigenvalue weighted by molar-refractivity contribution is 0.0952. The number of carbonyl (C=O) groups is 1. The molecule has 3 N–H and O–H groups in total. The first-order valence-electron chi connectivity index (χ1n) is 7.16. The van der Waals surface area contributed by atoms with Crippen molar-refractivity contribution in [2.75, 3.05) is 19.7 Å². The van der Waals surface area contributed by atoms with Crippen molar-refractivity contribution >= 4 is 5.91 Å². The van der Waals surface area contributed by atoms with Crippen molar-refractivity contribution in [1.82, 2.24) is 10.8 Å². The molecular formula is C15H24N2O3. The number of carbonyl (C=O) groups excluding carboxylic acids is 1. The van der Waals surface area contributed by atoms with E-state index in [1.165, 1.54) is 0 Å². The molecule has 0 aliphatic rings. The summed E-state index contributed by atoms with van der Waals surface area (Å²) in [7, 11) is 0. The van der Waals surface area contributed by atoms with E-state index in [1.807, 2.05) is 12.1 Å². The van der Waals surface area contributed by atoms with Gasteiger partial charge in [0.2, 0.25) is 0 Å². The Balaban J connectivity index is 2.37. The van der Waals surface area contributed by atoms with Gasteiger partial charge in [0.25, 0.3) is 5.91 Å². The van der Waals surface area contributed by atoms with Crippen molar-refractivity contribution in [3.63, 3.8) is 0 Å². The first-order valence-corrected chi connectivity index (χ1v) is 7.16. The third kappa shape index (κ3) is 6.54. The van der Waals surface area contributed by atoms with Crippen LogP contribution in [0.15, 0.2) is 24.3 Å². The molecule has 0 radical (unpaired) electrons. The molecule has 1 rings (SSSR count). The van der Waals surface area contributed by atoms with Crippen LogP contribution < -0.4 is 15.5 Å². The van der Waals surface area contributed by atoms with Crippen LogP contribution in [-0.4, -0.2) is 30.8 Å². The summed E-state index contributed by atoms with van der Waals surface area (Å²) < 4.78 is 5.58. The van der Waals surface area contributed by atoms with Crippen LogP contribution in [0.1, 0.15) is 43.0 Å². The highest BCUT2D eigenvalue weighted by molar-refractivity contribution is 5.94. The largest absolute Gasteiger partial charge is 0.494 e. The molecule has 0 saturated carbocycles. The van der Waals surface area contributed by atoms with Crippen LogP contribution in [0.4, 0.5) is 0 Å². The van der Waals surface area contributed by atoms with E-state index in [2.05, 4.69) is 17.7 Å². The topological polar surface area (TPSA) is 70.6 Å². The summed E-state index contributed by atoms with van der Waals surface area (Å²) in [4.78, 5) is 11.9. The molecule has 0 spiro atoms. The van der Waals surface area contributed by atoms with Crippen LogP contribution in [0.3, 0.4) is 0 Å². The van der Waals surface area contributed by atoms with Crippen LogP contribution >= 0.6 is 0 Å². The summed E-state index contributed by atoms with van der Waals surface area (Å²) in [6.45, 7) is 3.92. The molecule has 20 heavy (non-hydrogen) atoms. The molecule has 112 valence electrons. The van der Waals surface area contributed by atoms with E-state index < -0.39 is 0 Å².